The van der Waals surface area contributed by atoms with Gasteiger partial charge in [0.05, 0.1) is 11.7 Å². The van der Waals surface area contributed by atoms with Crippen molar-refractivity contribution < 1.29 is 4.79 Å². The molecule has 0 saturated carbocycles. The van der Waals surface area contributed by atoms with Crippen LogP contribution in [0, 0.1) is 0 Å². The van der Waals surface area contributed by atoms with Crippen LogP contribution in [-0.2, 0) is 11.3 Å². The van der Waals surface area contributed by atoms with Gasteiger partial charge >= 0.3 is 0 Å². The molecule has 1 amide bonds. The van der Waals surface area contributed by atoms with Crippen LogP contribution in [0.4, 0.5) is 5.69 Å². The van der Waals surface area contributed by atoms with Crippen molar-refractivity contribution in [1.82, 2.24) is 9.55 Å². The zero-order valence-electron chi connectivity index (χ0n) is 14.1. The molecule has 2 heterocycles. The van der Waals surface area contributed by atoms with Crippen LogP contribution in [-0.4, -0.2) is 15.5 Å². The Bertz CT molecular complexity index is 1170. The molecule has 134 valence electrons. The number of nitrogens with zero attached hydrogens (tertiary/aromatic N) is 2. The fraction of sp³-hybridized carbons (Fsp3) is 0.0500. The zero-order chi connectivity index (χ0) is 18.8. The number of benzene rings is 2. The van der Waals surface area contributed by atoms with Crippen LogP contribution in [0.15, 0.2) is 76.3 Å². The predicted octanol–water partition coefficient (Wildman–Crippen LogP) is 4.53. The zero-order valence-corrected chi connectivity index (χ0v) is 16.5. The fourth-order valence-electron chi connectivity index (χ4n) is 2.71. The first-order valence-corrected chi connectivity index (χ1v) is 9.81. The molecule has 5 nitrogen and oxygen atoms in total. The summed E-state index contributed by atoms with van der Waals surface area (Å²) in [5, 5.41) is 3.31. The van der Waals surface area contributed by atoms with Crippen molar-refractivity contribution in [3.8, 4) is 10.4 Å². The molecule has 4 rings (SSSR count). The summed E-state index contributed by atoms with van der Waals surface area (Å²) in [6.07, 6.45) is 1.43. The number of rotatable bonds is 4. The number of carbonyl (C=O) groups excluding carboxylic acids is 1. The molecule has 0 spiro atoms. The Labute approximate surface area is 167 Å². The molecular formula is C20H14BrN3O2S. The van der Waals surface area contributed by atoms with Crippen molar-refractivity contribution >= 4 is 49.1 Å². The lowest BCUT2D eigenvalue weighted by Gasteiger charge is -2.07. The predicted molar refractivity (Wildman–Crippen MR) is 112 cm³/mol. The van der Waals surface area contributed by atoms with Gasteiger partial charge in [-0.2, -0.15) is 0 Å². The molecule has 0 saturated heterocycles. The van der Waals surface area contributed by atoms with Gasteiger partial charge in [0.1, 0.15) is 11.4 Å². The van der Waals surface area contributed by atoms with Crippen LogP contribution in [0.2, 0.25) is 0 Å². The van der Waals surface area contributed by atoms with Crippen LogP contribution in [0.1, 0.15) is 0 Å². The smallest absolute Gasteiger partial charge is 0.262 e. The van der Waals surface area contributed by atoms with E-state index < -0.39 is 0 Å². The third-order valence-electron chi connectivity index (χ3n) is 4.02. The third kappa shape index (κ3) is 3.84. The number of anilines is 1. The maximum Gasteiger partial charge on any atom is 0.262 e. The lowest BCUT2D eigenvalue weighted by atomic mass is 10.2. The molecule has 0 aliphatic rings. The summed E-state index contributed by atoms with van der Waals surface area (Å²) in [6, 6.07) is 19.0. The van der Waals surface area contributed by atoms with Crippen molar-refractivity contribution in [2.75, 3.05) is 5.32 Å². The van der Waals surface area contributed by atoms with E-state index in [1.54, 1.807) is 12.1 Å². The van der Waals surface area contributed by atoms with Gasteiger partial charge in [0.25, 0.3) is 5.56 Å². The van der Waals surface area contributed by atoms with Crippen LogP contribution in [0.3, 0.4) is 0 Å². The van der Waals surface area contributed by atoms with E-state index in [4.69, 9.17) is 0 Å². The van der Waals surface area contributed by atoms with E-state index >= 15 is 0 Å². The highest BCUT2D eigenvalue weighted by Crippen LogP contribution is 2.30. The second kappa shape index (κ2) is 7.46. The van der Waals surface area contributed by atoms with E-state index in [1.165, 1.54) is 22.2 Å². The fourth-order valence-corrected chi connectivity index (χ4v) is 3.96. The molecule has 7 heteroatoms. The Hall–Kier alpha value is -2.77. The lowest BCUT2D eigenvalue weighted by molar-refractivity contribution is -0.116. The molecule has 0 fully saturated rings. The summed E-state index contributed by atoms with van der Waals surface area (Å²) >= 11 is 4.82. The molecule has 1 N–H and O–H groups in total. The van der Waals surface area contributed by atoms with E-state index in [9.17, 15) is 9.59 Å². The highest BCUT2D eigenvalue weighted by atomic mass is 79.9. The van der Waals surface area contributed by atoms with Crippen molar-refractivity contribution in [3.05, 3.63) is 81.8 Å². The molecule has 0 unspecified atom stereocenters. The maximum atomic E-state index is 12.7. The first-order valence-electron chi connectivity index (χ1n) is 8.20. The normalized spacial score (nSPS) is 10.9. The minimum Gasteiger partial charge on any atom is -0.325 e. The number of fused-ring (bicyclic) bond motifs is 1. The van der Waals surface area contributed by atoms with E-state index in [-0.39, 0.29) is 18.0 Å². The average molecular weight is 440 g/mol. The monoisotopic (exact) mass is 439 g/mol. The Balaban J connectivity index is 1.59. The molecule has 27 heavy (non-hydrogen) atoms. The SMILES string of the molecule is O=C(Cn1cnc2sc(-c3ccccc3)cc2c1=O)Nc1ccc(Br)cc1. The van der Waals surface area contributed by atoms with Gasteiger partial charge in [0.2, 0.25) is 5.91 Å². The third-order valence-corrected chi connectivity index (χ3v) is 5.64. The molecule has 0 aliphatic carbocycles. The molecule has 2 aromatic carbocycles. The maximum absolute atomic E-state index is 12.7. The van der Waals surface area contributed by atoms with Crippen LogP contribution < -0.4 is 10.9 Å². The van der Waals surface area contributed by atoms with Gasteiger partial charge < -0.3 is 5.32 Å². The minimum atomic E-state index is -0.279. The van der Waals surface area contributed by atoms with Gasteiger partial charge in [-0.3, -0.25) is 14.2 Å². The lowest BCUT2D eigenvalue weighted by Crippen LogP contribution is -2.27. The Morgan fingerprint density at radius 1 is 1.11 bits per heavy atom. The van der Waals surface area contributed by atoms with E-state index in [1.807, 2.05) is 48.5 Å². The van der Waals surface area contributed by atoms with Gasteiger partial charge in [-0.1, -0.05) is 46.3 Å². The van der Waals surface area contributed by atoms with Crippen molar-refractivity contribution in [2.45, 2.75) is 6.54 Å². The number of thiophene rings is 1. The molecule has 0 radical (unpaired) electrons. The Kier molecular flexibility index (Phi) is 4.87. The first-order chi connectivity index (χ1) is 13.1. The van der Waals surface area contributed by atoms with Crippen molar-refractivity contribution in [2.24, 2.45) is 0 Å². The van der Waals surface area contributed by atoms with Crippen LogP contribution in [0.25, 0.3) is 20.7 Å². The second-order valence-corrected chi connectivity index (χ2v) is 7.87. The number of amides is 1. The van der Waals surface area contributed by atoms with Crippen LogP contribution >= 0.6 is 27.3 Å². The largest absolute Gasteiger partial charge is 0.325 e. The van der Waals surface area contributed by atoms with E-state index in [0.717, 1.165) is 14.9 Å². The molecule has 0 bridgehead atoms. The van der Waals surface area contributed by atoms with Crippen molar-refractivity contribution in [1.29, 1.82) is 0 Å². The summed E-state index contributed by atoms with van der Waals surface area (Å²) in [7, 11) is 0. The minimum absolute atomic E-state index is 0.0889. The van der Waals surface area contributed by atoms with E-state index in [2.05, 4.69) is 26.2 Å². The highest BCUT2D eigenvalue weighted by Gasteiger charge is 2.12. The Morgan fingerprint density at radius 2 is 1.85 bits per heavy atom. The number of aromatic nitrogens is 2. The summed E-state index contributed by atoms with van der Waals surface area (Å²) in [5.74, 6) is -0.279. The summed E-state index contributed by atoms with van der Waals surface area (Å²) in [5.41, 5.74) is 1.50. The Morgan fingerprint density at radius 3 is 2.59 bits per heavy atom. The number of hydrogen-bond donors (Lipinski definition) is 1. The average Bonchev–Trinajstić information content (AvgIpc) is 3.12. The number of nitrogens with one attached hydrogen (secondary N) is 1. The quantitative estimate of drug-likeness (QED) is 0.508. The number of carbonyl (C=O) groups is 1. The molecular weight excluding hydrogens is 426 g/mol. The molecule has 4 aromatic rings. The summed E-state index contributed by atoms with van der Waals surface area (Å²) in [6.45, 7) is -0.0889. The van der Waals surface area contributed by atoms with Gasteiger partial charge in [-0.15, -0.1) is 11.3 Å². The summed E-state index contributed by atoms with van der Waals surface area (Å²) < 4.78 is 2.26. The second-order valence-electron chi connectivity index (χ2n) is 5.93. The van der Waals surface area contributed by atoms with Crippen LogP contribution in [0.5, 0.6) is 0 Å². The number of halogens is 1. The topological polar surface area (TPSA) is 64.0 Å². The standard InChI is InChI=1S/C20H14BrN3O2S/c21-14-6-8-15(9-7-14)23-18(25)11-24-12-22-19-16(20(24)26)10-17(27-19)13-4-2-1-3-5-13/h1-10,12H,11H2,(H,23,25). The van der Waals surface area contributed by atoms with Gasteiger partial charge in [0.15, 0.2) is 0 Å². The first kappa shape index (κ1) is 17.6. The van der Waals surface area contributed by atoms with Gasteiger partial charge in [0, 0.05) is 15.0 Å². The van der Waals surface area contributed by atoms with Gasteiger partial charge in [-0.25, -0.2) is 4.98 Å². The molecule has 2 aromatic heterocycles. The van der Waals surface area contributed by atoms with E-state index in [0.29, 0.717) is 15.9 Å². The highest BCUT2D eigenvalue weighted by molar-refractivity contribution is 9.10. The van der Waals surface area contributed by atoms with Crippen molar-refractivity contribution in [3.63, 3.8) is 0 Å². The van der Waals surface area contributed by atoms with Gasteiger partial charge in [-0.05, 0) is 35.9 Å². The molecule has 0 atom stereocenters. The molecule has 0 aliphatic heterocycles. The number of hydrogen-bond acceptors (Lipinski definition) is 4. The summed E-state index contributed by atoms with van der Waals surface area (Å²) in [4.78, 5) is 31.0.